The quantitative estimate of drug-likeness (QED) is 0.262. The van der Waals surface area contributed by atoms with Crippen LogP contribution < -0.4 is 0 Å². The lowest BCUT2D eigenvalue weighted by atomic mass is 9.87. The van der Waals surface area contributed by atoms with E-state index in [1.54, 1.807) is 0 Å². The van der Waals surface area contributed by atoms with Gasteiger partial charge in [-0.05, 0) is 13.3 Å². The molecule has 0 fully saturated rings. The number of halogens is 17. The monoisotopic (exact) mass is 522 g/mol. The molecule has 0 rings (SSSR count). The number of hydrogen-bond donors (Lipinski definition) is 1. The van der Waals surface area contributed by atoms with Gasteiger partial charge in [-0.2, -0.15) is 70.2 Å². The Kier molecular flexibility index (Phi) is 7.87. The Bertz CT molecular complexity index is 657. The van der Waals surface area contributed by atoms with E-state index in [2.05, 4.69) is 4.74 Å². The van der Waals surface area contributed by atoms with Crippen LogP contribution in [0.15, 0.2) is 0 Å². The van der Waals surface area contributed by atoms with Gasteiger partial charge in [-0.15, -0.1) is 0 Å². The summed E-state index contributed by atoms with van der Waals surface area (Å²) >= 11 is 0. The summed E-state index contributed by atoms with van der Waals surface area (Å²) in [5.74, 6) is -56.9. The number of aliphatic hydroxyl groups is 1. The minimum Gasteiger partial charge on any atom is -0.368 e. The van der Waals surface area contributed by atoms with Crippen molar-refractivity contribution in [2.45, 2.75) is 80.3 Å². The summed E-state index contributed by atoms with van der Waals surface area (Å²) in [6.07, 6.45) is -16.5. The molecule has 0 aliphatic rings. The van der Waals surface area contributed by atoms with Crippen LogP contribution >= 0.6 is 0 Å². The number of hydrogen-bond acceptors (Lipinski definition) is 2. The molecular formula is C13H11F17O2. The summed E-state index contributed by atoms with van der Waals surface area (Å²) in [5, 5.41) is 8.33. The molecule has 32 heavy (non-hydrogen) atoms. The van der Waals surface area contributed by atoms with Crippen molar-refractivity contribution in [1.29, 1.82) is 0 Å². The third-order valence-corrected chi connectivity index (χ3v) is 3.83. The highest BCUT2D eigenvalue weighted by atomic mass is 19.4. The standard InChI is InChI=1S/C13H11F17O2/c1-3-5(14)6(15,16)7(17,18)8(19,20)9(21,22)10(23,24)11(25,26)12(27,28)13(29,30)32-4(2)31/h4-5,31H,3H2,1-2H3. The number of aliphatic hydroxyl groups excluding tert-OH is 1. The Morgan fingerprint density at radius 1 is 0.594 bits per heavy atom. The average molecular weight is 522 g/mol. The van der Waals surface area contributed by atoms with Gasteiger partial charge >= 0.3 is 47.6 Å². The predicted octanol–water partition coefficient (Wildman–Crippen LogP) is 6.13. The normalized spacial score (nSPS) is 18.0. The first-order valence-corrected chi connectivity index (χ1v) is 7.67. The van der Waals surface area contributed by atoms with Crippen LogP contribution in [0.4, 0.5) is 74.6 Å². The lowest BCUT2D eigenvalue weighted by Crippen LogP contribution is -2.75. The van der Waals surface area contributed by atoms with Crippen molar-refractivity contribution in [3.63, 3.8) is 0 Å². The van der Waals surface area contributed by atoms with Gasteiger partial charge in [0.2, 0.25) is 0 Å². The van der Waals surface area contributed by atoms with Gasteiger partial charge in [0.25, 0.3) is 0 Å². The van der Waals surface area contributed by atoms with E-state index in [-0.39, 0.29) is 13.8 Å². The van der Waals surface area contributed by atoms with Crippen LogP contribution in [0.3, 0.4) is 0 Å². The largest absolute Gasteiger partial charge is 0.428 e. The molecule has 0 aliphatic heterocycles. The smallest absolute Gasteiger partial charge is 0.368 e. The van der Waals surface area contributed by atoms with Gasteiger partial charge in [-0.1, -0.05) is 6.92 Å². The topological polar surface area (TPSA) is 29.5 Å². The van der Waals surface area contributed by atoms with E-state index >= 15 is 0 Å². The maximum atomic E-state index is 13.5. The van der Waals surface area contributed by atoms with E-state index in [4.69, 9.17) is 5.11 Å². The van der Waals surface area contributed by atoms with Crippen molar-refractivity contribution in [2.75, 3.05) is 0 Å². The minimum absolute atomic E-state index is 0.0211. The Balaban J connectivity index is 6.78. The highest BCUT2D eigenvalue weighted by Crippen LogP contribution is 2.64. The lowest BCUT2D eigenvalue weighted by Gasteiger charge is -2.43. The molecule has 0 saturated carbocycles. The zero-order valence-corrected chi connectivity index (χ0v) is 15.1. The number of alkyl halides is 17. The fourth-order valence-electron chi connectivity index (χ4n) is 1.92. The van der Waals surface area contributed by atoms with Gasteiger partial charge < -0.3 is 5.11 Å². The van der Waals surface area contributed by atoms with Gasteiger partial charge in [0.15, 0.2) is 12.5 Å². The summed E-state index contributed by atoms with van der Waals surface area (Å²) in [6.45, 7) is 0.227. The van der Waals surface area contributed by atoms with Crippen LogP contribution in [0.25, 0.3) is 0 Å². The van der Waals surface area contributed by atoms with E-state index < -0.39 is 66.4 Å². The maximum Gasteiger partial charge on any atom is 0.428 e. The first kappa shape index (κ1) is 30.7. The van der Waals surface area contributed by atoms with Crippen molar-refractivity contribution in [1.82, 2.24) is 0 Å². The van der Waals surface area contributed by atoms with E-state index in [0.29, 0.717) is 0 Å². The van der Waals surface area contributed by atoms with Gasteiger partial charge in [0.1, 0.15) is 0 Å². The minimum atomic E-state index is -8.63. The first-order valence-electron chi connectivity index (χ1n) is 7.67. The second kappa shape index (κ2) is 8.19. The molecular weight excluding hydrogens is 511 g/mol. The summed E-state index contributed by atoms with van der Waals surface area (Å²) in [6, 6.07) is 0. The molecule has 0 aliphatic carbocycles. The molecule has 0 saturated heterocycles. The molecule has 194 valence electrons. The highest BCUT2D eigenvalue weighted by Gasteiger charge is 2.95. The van der Waals surface area contributed by atoms with Crippen LogP contribution in [0.1, 0.15) is 20.3 Å². The summed E-state index contributed by atoms with van der Waals surface area (Å²) in [4.78, 5) is 0. The fourth-order valence-corrected chi connectivity index (χ4v) is 1.92. The summed E-state index contributed by atoms with van der Waals surface area (Å²) in [5.41, 5.74) is 0. The third-order valence-electron chi connectivity index (χ3n) is 3.83. The van der Waals surface area contributed by atoms with Crippen LogP contribution in [-0.2, 0) is 4.74 Å². The Morgan fingerprint density at radius 2 is 0.875 bits per heavy atom. The van der Waals surface area contributed by atoms with Gasteiger partial charge in [0, 0.05) is 0 Å². The average Bonchev–Trinajstić information content (AvgIpc) is 2.58. The third kappa shape index (κ3) is 3.96. The second-order valence-corrected chi connectivity index (χ2v) is 6.18. The molecule has 0 aromatic rings. The van der Waals surface area contributed by atoms with Gasteiger partial charge in [-0.25, -0.2) is 4.39 Å². The van der Waals surface area contributed by atoms with E-state index in [9.17, 15) is 74.6 Å². The molecule has 2 atom stereocenters. The SMILES string of the molecule is CCC(F)C(F)(F)C(F)(F)C(F)(F)C(F)(F)C(F)(F)C(F)(F)C(F)(F)C(F)(F)OC(C)O. The molecule has 2 nitrogen and oxygen atoms in total. The van der Waals surface area contributed by atoms with Crippen molar-refractivity contribution in [3.05, 3.63) is 0 Å². The molecule has 2 unspecified atom stereocenters. The van der Waals surface area contributed by atoms with Crippen molar-refractivity contribution < 1.29 is 84.5 Å². The fraction of sp³-hybridized carbons (Fsp3) is 1.00. The number of ether oxygens (including phenoxy) is 1. The molecule has 0 amide bonds. The molecule has 1 N–H and O–H groups in total. The van der Waals surface area contributed by atoms with Crippen LogP contribution in [0, 0.1) is 0 Å². The Labute approximate surface area is 166 Å². The van der Waals surface area contributed by atoms with Crippen molar-refractivity contribution in [3.8, 4) is 0 Å². The molecule has 19 heteroatoms. The maximum absolute atomic E-state index is 13.5. The Hall–Kier alpha value is -1.27. The van der Waals surface area contributed by atoms with Crippen molar-refractivity contribution >= 4 is 0 Å². The van der Waals surface area contributed by atoms with Gasteiger partial charge in [-0.3, -0.25) is 4.74 Å². The van der Waals surface area contributed by atoms with E-state index in [1.807, 2.05) is 0 Å². The predicted molar refractivity (Wildman–Crippen MR) is 67.5 cm³/mol. The Morgan fingerprint density at radius 3 is 1.16 bits per heavy atom. The molecule has 0 aromatic carbocycles. The lowest BCUT2D eigenvalue weighted by molar-refractivity contribution is -0.481. The molecule has 0 bridgehead atoms. The molecule has 0 spiro atoms. The summed E-state index contributed by atoms with van der Waals surface area (Å²) < 4.78 is 229. The van der Waals surface area contributed by atoms with Gasteiger partial charge in [0.05, 0.1) is 0 Å². The van der Waals surface area contributed by atoms with Crippen molar-refractivity contribution in [2.24, 2.45) is 0 Å². The zero-order chi connectivity index (χ0) is 26.6. The highest BCUT2D eigenvalue weighted by molar-refractivity contribution is 5.15. The summed E-state index contributed by atoms with van der Waals surface area (Å²) in [7, 11) is 0. The van der Waals surface area contributed by atoms with Crippen LogP contribution in [-0.4, -0.2) is 65.1 Å². The number of rotatable bonds is 11. The molecule has 0 heterocycles. The van der Waals surface area contributed by atoms with E-state index in [0.717, 1.165) is 0 Å². The molecule has 0 aromatic heterocycles. The molecule has 0 radical (unpaired) electrons. The van der Waals surface area contributed by atoms with Crippen LogP contribution in [0.5, 0.6) is 0 Å². The van der Waals surface area contributed by atoms with Crippen LogP contribution in [0.2, 0.25) is 0 Å². The second-order valence-electron chi connectivity index (χ2n) is 6.18. The zero-order valence-electron chi connectivity index (χ0n) is 15.1. The first-order chi connectivity index (χ1) is 13.6. The van der Waals surface area contributed by atoms with E-state index in [1.165, 1.54) is 0 Å².